The summed E-state index contributed by atoms with van der Waals surface area (Å²) in [5.41, 5.74) is 9.40. The van der Waals surface area contributed by atoms with Gasteiger partial charge in [-0.2, -0.15) is 0 Å². The van der Waals surface area contributed by atoms with Gasteiger partial charge in [0.25, 0.3) is 0 Å². The van der Waals surface area contributed by atoms with E-state index in [1.807, 2.05) is 35.7 Å². The Morgan fingerprint density at radius 1 is 1.18 bits per heavy atom. The lowest BCUT2D eigenvalue weighted by Gasteiger charge is -2.03. The van der Waals surface area contributed by atoms with Crippen molar-refractivity contribution in [3.8, 4) is 11.4 Å². The monoisotopic (exact) mass is 225 g/mol. The first-order valence-electron chi connectivity index (χ1n) is 5.27. The van der Waals surface area contributed by atoms with Crippen molar-refractivity contribution in [3.63, 3.8) is 0 Å². The van der Waals surface area contributed by atoms with Gasteiger partial charge in [0.2, 0.25) is 0 Å². The van der Waals surface area contributed by atoms with Crippen molar-refractivity contribution < 1.29 is 0 Å². The van der Waals surface area contributed by atoms with Gasteiger partial charge < -0.3 is 5.73 Å². The molecule has 5 heteroatoms. The molecular formula is C12H11N5. The molecule has 3 aromatic rings. The summed E-state index contributed by atoms with van der Waals surface area (Å²) in [6.07, 6.45) is 5.31. The fourth-order valence-corrected chi connectivity index (χ4v) is 1.74. The SMILES string of the molecule is Cc1cc2nnc(-c3ccncc3)n2cc1N. The number of hydrogen-bond donors (Lipinski definition) is 1. The Bertz CT molecular complexity index is 672. The molecule has 0 aliphatic rings. The van der Waals surface area contributed by atoms with E-state index < -0.39 is 0 Å². The highest BCUT2D eigenvalue weighted by Gasteiger charge is 2.08. The van der Waals surface area contributed by atoms with Crippen molar-refractivity contribution >= 4 is 11.3 Å². The lowest BCUT2D eigenvalue weighted by Crippen LogP contribution is -1.96. The fraction of sp³-hybridized carbons (Fsp3) is 0.0833. The third-order valence-electron chi connectivity index (χ3n) is 2.73. The van der Waals surface area contributed by atoms with E-state index in [2.05, 4.69) is 15.2 Å². The quantitative estimate of drug-likeness (QED) is 0.684. The second kappa shape index (κ2) is 3.55. The first kappa shape index (κ1) is 9.77. The van der Waals surface area contributed by atoms with E-state index in [9.17, 15) is 0 Å². The third kappa shape index (κ3) is 1.52. The number of hydrogen-bond acceptors (Lipinski definition) is 4. The molecule has 3 aromatic heterocycles. The highest BCUT2D eigenvalue weighted by atomic mass is 15.2. The Morgan fingerprint density at radius 2 is 1.94 bits per heavy atom. The second-order valence-corrected chi connectivity index (χ2v) is 3.90. The number of nitrogens with zero attached hydrogens (tertiary/aromatic N) is 4. The summed E-state index contributed by atoms with van der Waals surface area (Å²) in [7, 11) is 0. The Kier molecular flexibility index (Phi) is 2.04. The van der Waals surface area contributed by atoms with Crippen molar-refractivity contribution in [1.82, 2.24) is 19.6 Å². The average molecular weight is 225 g/mol. The van der Waals surface area contributed by atoms with Crippen LogP contribution in [-0.2, 0) is 0 Å². The summed E-state index contributed by atoms with van der Waals surface area (Å²) in [6, 6.07) is 5.71. The highest BCUT2D eigenvalue weighted by molar-refractivity contribution is 5.62. The van der Waals surface area contributed by atoms with Gasteiger partial charge in [-0.1, -0.05) is 0 Å². The van der Waals surface area contributed by atoms with Gasteiger partial charge in [0.15, 0.2) is 11.5 Å². The van der Waals surface area contributed by atoms with Crippen LogP contribution in [0.15, 0.2) is 36.8 Å². The molecule has 0 bridgehead atoms. The molecule has 2 N–H and O–H groups in total. The number of nitrogens with two attached hydrogens (primary N) is 1. The Balaban J connectivity index is 2.29. The Morgan fingerprint density at radius 3 is 2.71 bits per heavy atom. The van der Waals surface area contributed by atoms with Crippen LogP contribution in [0.5, 0.6) is 0 Å². The summed E-state index contributed by atoms with van der Waals surface area (Å²) >= 11 is 0. The highest BCUT2D eigenvalue weighted by Crippen LogP contribution is 2.20. The molecule has 0 atom stereocenters. The lowest BCUT2D eigenvalue weighted by molar-refractivity contribution is 1.11. The predicted molar refractivity (Wildman–Crippen MR) is 65.4 cm³/mol. The van der Waals surface area contributed by atoms with E-state index in [0.717, 1.165) is 28.3 Å². The predicted octanol–water partition coefficient (Wildman–Crippen LogP) is 1.68. The summed E-state index contributed by atoms with van der Waals surface area (Å²) in [5, 5.41) is 8.31. The number of aryl methyl sites for hydroxylation is 1. The van der Waals surface area contributed by atoms with Crippen molar-refractivity contribution in [2.75, 3.05) is 5.73 Å². The molecule has 0 aliphatic carbocycles. The molecule has 0 aromatic carbocycles. The summed E-state index contributed by atoms with van der Waals surface area (Å²) in [5.74, 6) is 0.772. The van der Waals surface area contributed by atoms with Gasteiger partial charge in [-0.05, 0) is 30.7 Å². The normalized spacial score (nSPS) is 10.9. The minimum atomic E-state index is 0.729. The first-order valence-corrected chi connectivity index (χ1v) is 5.27. The zero-order chi connectivity index (χ0) is 11.8. The van der Waals surface area contributed by atoms with Crippen LogP contribution in [0.1, 0.15) is 5.56 Å². The number of aromatic nitrogens is 4. The van der Waals surface area contributed by atoms with E-state index in [4.69, 9.17) is 5.73 Å². The van der Waals surface area contributed by atoms with Gasteiger partial charge in [0.05, 0.1) is 5.69 Å². The lowest BCUT2D eigenvalue weighted by atomic mass is 10.2. The van der Waals surface area contributed by atoms with Gasteiger partial charge >= 0.3 is 0 Å². The standard InChI is InChI=1S/C12H11N5/c1-8-6-11-15-16-12(17(11)7-10(8)13)9-2-4-14-5-3-9/h2-7H,13H2,1H3. The summed E-state index contributed by atoms with van der Waals surface area (Å²) in [4.78, 5) is 3.98. The molecule has 0 radical (unpaired) electrons. The molecular weight excluding hydrogens is 214 g/mol. The van der Waals surface area contributed by atoms with Crippen molar-refractivity contribution in [2.45, 2.75) is 6.92 Å². The van der Waals surface area contributed by atoms with Crippen LogP contribution in [-0.4, -0.2) is 19.6 Å². The number of fused-ring (bicyclic) bond motifs is 1. The zero-order valence-corrected chi connectivity index (χ0v) is 9.33. The van der Waals surface area contributed by atoms with Crippen LogP contribution in [0.2, 0.25) is 0 Å². The average Bonchev–Trinajstić information content (AvgIpc) is 2.74. The van der Waals surface area contributed by atoms with Gasteiger partial charge in [0.1, 0.15) is 0 Å². The minimum absolute atomic E-state index is 0.729. The van der Waals surface area contributed by atoms with Crippen LogP contribution >= 0.6 is 0 Å². The molecule has 0 fully saturated rings. The topological polar surface area (TPSA) is 69.1 Å². The van der Waals surface area contributed by atoms with Crippen molar-refractivity contribution in [2.24, 2.45) is 0 Å². The van der Waals surface area contributed by atoms with Gasteiger partial charge in [-0.3, -0.25) is 9.38 Å². The molecule has 0 aliphatic heterocycles. The Labute approximate surface area is 97.9 Å². The van der Waals surface area contributed by atoms with Crippen LogP contribution in [0, 0.1) is 6.92 Å². The fourth-order valence-electron chi connectivity index (χ4n) is 1.74. The molecule has 0 amide bonds. The maximum absolute atomic E-state index is 5.90. The summed E-state index contributed by atoms with van der Waals surface area (Å²) in [6.45, 7) is 1.95. The Hall–Kier alpha value is -2.43. The van der Waals surface area contributed by atoms with E-state index in [1.165, 1.54) is 0 Å². The molecule has 0 saturated heterocycles. The van der Waals surface area contributed by atoms with Gasteiger partial charge in [0, 0.05) is 24.2 Å². The van der Waals surface area contributed by atoms with E-state index in [-0.39, 0.29) is 0 Å². The molecule has 5 nitrogen and oxygen atoms in total. The van der Waals surface area contributed by atoms with Crippen molar-refractivity contribution in [3.05, 3.63) is 42.4 Å². The van der Waals surface area contributed by atoms with Crippen LogP contribution in [0.4, 0.5) is 5.69 Å². The molecule has 17 heavy (non-hydrogen) atoms. The molecule has 3 heterocycles. The first-order chi connectivity index (χ1) is 8.25. The van der Waals surface area contributed by atoms with E-state index >= 15 is 0 Å². The smallest absolute Gasteiger partial charge is 0.168 e. The van der Waals surface area contributed by atoms with Crippen molar-refractivity contribution in [1.29, 1.82) is 0 Å². The number of pyridine rings is 2. The molecule has 0 saturated carbocycles. The van der Waals surface area contributed by atoms with Crippen LogP contribution < -0.4 is 5.73 Å². The maximum atomic E-state index is 5.90. The second-order valence-electron chi connectivity index (χ2n) is 3.90. The van der Waals surface area contributed by atoms with E-state index in [1.54, 1.807) is 12.4 Å². The number of rotatable bonds is 1. The molecule has 0 unspecified atom stereocenters. The molecule has 84 valence electrons. The van der Waals surface area contributed by atoms with Crippen LogP contribution in [0.3, 0.4) is 0 Å². The maximum Gasteiger partial charge on any atom is 0.168 e. The minimum Gasteiger partial charge on any atom is -0.397 e. The molecule has 3 rings (SSSR count). The molecule has 0 spiro atoms. The third-order valence-corrected chi connectivity index (χ3v) is 2.73. The van der Waals surface area contributed by atoms with Gasteiger partial charge in [-0.15, -0.1) is 10.2 Å². The number of nitrogen functional groups attached to an aromatic ring is 1. The number of anilines is 1. The summed E-state index contributed by atoms with van der Waals surface area (Å²) < 4.78 is 1.89. The van der Waals surface area contributed by atoms with Crippen LogP contribution in [0.25, 0.3) is 17.0 Å². The largest absolute Gasteiger partial charge is 0.397 e. The zero-order valence-electron chi connectivity index (χ0n) is 9.33. The van der Waals surface area contributed by atoms with Gasteiger partial charge in [-0.25, -0.2) is 0 Å². The van der Waals surface area contributed by atoms with E-state index in [0.29, 0.717) is 0 Å².